The van der Waals surface area contributed by atoms with Crippen LogP contribution in [0.1, 0.15) is 31.2 Å². The predicted molar refractivity (Wildman–Crippen MR) is 68.7 cm³/mol. The Hall–Kier alpha value is -1.84. The molecule has 1 aliphatic rings. The molecule has 1 aromatic rings. The summed E-state index contributed by atoms with van der Waals surface area (Å²) in [6, 6.07) is 9.72. The van der Waals surface area contributed by atoms with Crippen LogP contribution in [0.25, 0.3) is 0 Å². The Morgan fingerprint density at radius 1 is 1.06 bits per heavy atom. The van der Waals surface area contributed by atoms with Crippen LogP contribution in [0.5, 0.6) is 0 Å². The van der Waals surface area contributed by atoms with Gasteiger partial charge in [-0.15, -0.1) is 0 Å². The van der Waals surface area contributed by atoms with Gasteiger partial charge < -0.3 is 10.6 Å². The molecule has 0 heterocycles. The van der Waals surface area contributed by atoms with Crippen LogP contribution in [0.2, 0.25) is 0 Å². The number of nitrogens with one attached hydrogen (secondary N) is 2. The quantitative estimate of drug-likeness (QED) is 0.791. The van der Waals surface area contributed by atoms with Crippen LogP contribution in [0, 0.1) is 0 Å². The summed E-state index contributed by atoms with van der Waals surface area (Å²) >= 11 is 0. The van der Waals surface area contributed by atoms with Gasteiger partial charge >= 0.3 is 11.8 Å². The highest BCUT2D eigenvalue weighted by atomic mass is 16.2. The van der Waals surface area contributed by atoms with Crippen molar-refractivity contribution in [1.82, 2.24) is 10.6 Å². The number of amides is 2. The molecule has 1 fully saturated rings. The minimum Gasteiger partial charge on any atom is -0.345 e. The summed E-state index contributed by atoms with van der Waals surface area (Å²) in [6.45, 7) is 0.387. The summed E-state index contributed by atoms with van der Waals surface area (Å²) in [6.07, 6.45) is 4.24. The maximum atomic E-state index is 11.6. The van der Waals surface area contributed by atoms with Crippen molar-refractivity contribution in [2.24, 2.45) is 0 Å². The first-order chi connectivity index (χ1) is 8.75. The summed E-state index contributed by atoms with van der Waals surface area (Å²) in [5, 5.41) is 5.39. The second-order valence-corrected chi connectivity index (χ2v) is 4.62. The minimum atomic E-state index is -0.550. The van der Waals surface area contributed by atoms with E-state index in [0.717, 1.165) is 31.2 Å². The van der Waals surface area contributed by atoms with E-state index in [-0.39, 0.29) is 6.04 Å². The number of carbonyl (C=O) groups excluding carboxylic acids is 2. The van der Waals surface area contributed by atoms with Gasteiger partial charge in [0, 0.05) is 12.6 Å². The second kappa shape index (κ2) is 6.19. The lowest BCUT2D eigenvalue weighted by Gasteiger charge is -2.11. The smallest absolute Gasteiger partial charge is 0.309 e. The molecular weight excluding hydrogens is 228 g/mol. The molecule has 0 aromatic heterocycles. The third-order valence-electron chi connectivity index (χ3n) is 3.19. The fourth-order valence-corrected chi connectivity index (χ4v) is 2.18. The van der Waals surface area contributed by atoms with E-state index in [2.05, 4.69) is 10.6 Å². The molecule has 2 amide bonds. The van der Waals surface area contributed by atoms with E-state index in [1.807, 2.05) is 30.3 Å². The van der Waals surface area contributed by atoms with E-state index in [4.69, 9.17) is 0 Å². The topological polar surface area (TPSA) is 58.2 Å². The van der Waals surface area contributed by atoms with Crippen LogP contribution in [-0.2, 0) is 16.1 Å². The highest BCUT2D eigenvalue weighted by molar-refractivity contribution is 6.35. The van der Waals surface area contributed by atoms with Crippen molar-refractivity contribution in [2.75, 3.05) is 0 Å². The van der Waals surface area contributed by atoms with E-state index in [1.165, 1.54) is 0 Å². The summed E-state index contributed by atoms with van der Waals surface area (Å²) in [5.74, 6) is -1.07. The molecule has 0 atom stereocenters. The van der Waals surface area contributed by atoms with Crippen LogP contribution < -0.4 is 10.6 Å². The predicted octanol–water partition coefficient (Wildman–Crippen LogP) is 1.36. The maximum Gasteiger partial charge on any atom is 0.309 e. The van der Waals surface area contributed by atoms with Crippen molar-refractivity contribution in [3.8, 4) is 0 Å². The van der Waals surface area contributed by atoms with Crippen LogP contribution in [0.15, 0.2) is 30.3 Å². The molecular formula is C14H18N2O2. The highest BCUT2D eigenvalue weighted by Crippen LogP contribution is 2.17. The third kappa shape index (κ3) is 3.58. The van der Waals surface area contributed by atoms with E-state index in [1.54, 1.807) is 0 Å². The summed E-state index contributed by atoms with van der Waals surface area (Å²) in [5.41, 5.74) is 0.986. The van der Waals surface area contributed by atoms with E-state index in [0.29, 0.717) is 6.54 Å². The van der Waals surface area contributed by atoms with Crippen molar-refractivity contribution in [2.45, 2.75) is 38.3 Å². The largest absolute Gasteiger partial charge is 0.345 e. The lowest BCUT2D eigenvalue weighted by atomic mass is 10.2. The fourth-order valence-electron chi connectivity index (χ4n) is 2.18. The van der Waals surface area contributed by atoms with Crippen molar-refractivity contribution in [3.05, 3.63) is 35.9 Å². The summed E-state index contributed by atoms with van der Waals surface area (Å²) < 4.78 is 0. The molecule has 1 saturated carbocycles. The molecule has 0 bridgehead atoms. The molecule has 2 N–H and O–H groups in total. The lowest BCUT2D eigenvalue weighted by molar-refractivity contribution is -0.139. The molecule has 0 aliphatic heterocycles. The minimum absolute atomic E-state index is 0.181. The first-order valence-electron chi connectivity index (χ1n) is 6.38. The van der Waals surface area contributed by atoms with Gasteiger partial charge in [0.15, 0.2) is 0 Å². The number of hydrogen-bond acceptors (Lipinski definition) is 2. The van der Waals surface area contributed by atoms with E-state index in [9.17, 15) is 9.59 Å². The third-order valence-corrected chi connectivity index (χ3v) is 3.19. The van der Waals surface area contributed by atoms with Gasteiger partial charge in [0.05, 0.1) is 0 Å². The van der Waals surface area contributed by atoms with Gasteiger partial charge in [-0.2, -0.15) is 0 Å². The van der Waals surface area contributed by atoms with Crippen molar-refractivity contribution < 1.29 is 9.59 Å². The zero-order chi connectivity index (χ0) is 12.8. The van der Waals surface area contributed by atoms with Gasteiger partial charge in [0.2, 0.25) is 0 Å². The Labute approximate surface area is 107 Å². The molecule has 0 unspecified atom stereocenters. The second-order valence-electron chi connectivity index (χ2n) is 4.62. The van der Waals surface area contributed by atoms with E-state index < -0.39 is 11.8 Å². The fraction of sp³-hybridized carbons (Fsp3) is 0.429. The van der Waals surface area contributed by atoms with Crippen molar-refractivity contribution in [3.63, 3.8) is 0 Å². The monoisotopic (exact) mass is 246 g/mol. The normalized spacial score (nSPS) is 15.3. The zero-order valence-corrected chi connectivity index (χ0v) is 10.3. The maximum absolute atomic E-state index is 11.6. The van der Waals surface area contributed by atoms with Crippen LogP contribution in [0.4, 0.5) is 0 Å². The molecule has 4 heteroatoms. The Bertz CT molecular complexity index is 411. The highest BCUT2D eigenvalue weighted by Gasteiger charge is 2.20. The number of hydrogen-bond donors (Lipinski definition) is 2. The first kappa shape index (κ1) is 12.6. The van der Waals surface area contributed by atoms with Gasteiger partial charge in [0.25, 0.3) is 0 Å². The average Bonchev–Trinajstić information content (AvgIpc) is 2.90. The van der Waals surface area contributed by atoms with Gasteiger partial charge in [-0.3, -0.25) is 9.59 Å². The van der Waals surface area contributed by atoms with Gasteiger partial charge in [-0.25, -0.2) is 0 Å². The lowest BCUT2D eigenvalue weighted by Crippen LogP contribution is -2.43. The summed E-state index contributed by atoms with van der Waals surface area (Å²) in [7, 11) is 0. The molecule has 18 heavy (non-hydrogen) atoms. The number of rotatable bonds is 3. The molecule has 96 valence electrons. The molecule has 0 spiro atoms. The molecule has 4 nitrogen and oxygen atoms in total. The van der Waals surface area contributed by atoms with Gasteiger partial charge in [-0.05, 0) is 18.4 Å². The van der Waals surface area contributed by atoms with Crippen LogP contribution >= 0.6 is 0 Å². The molecule has 1 aliphatic carbocycles. The first-order valence-corrected chi connectivity index (χ1v) is 6.38. The average molecular weight is 246 g/mol. The van der Waals surface area contributed by atoms with E-state index >= 15 is 0 Å². The van der Waals surface area contributed by atoms with Crippen LogP contribution in [0.3, 0.4) is 0 Å². The van der Waals surface area contributed by atoms with Crippen molar-refractivity contribution >= 4 is 11.8 Å². The summed E-state index contributed by atoms with van der Waals surface area (Å²) in [4.78, 5) is 23.2. The zero-order valence-electron chi connectivity index (χ0n) is 10.3. The standard InChI is InChI=1S/C14H18N2O2/c17-13(14(18)16-12-8-4-5-9-12)15-10-11-6-2-1-3-7-11/h1-3,6-7,12H,4-5,8-10H2,(H,15,17)(H,16,18). The van der Waals surface area contributed by atoms with Gasteiger partial charge in [0.1, 0.15) is 0 Å². The molecule has 1 aromatic carbocycles. The van der Waals surface area contributed by atoms with Crippen LogP contribution in [-0.4, -0.2) is 17.9 Å². The Morgan fingerprint density at radius 2 is 1.72 bits per heavy atom. The SMILES string of the molecule is O=C(NCc1ccccc1)C(=O)NC1CCCC1. The number of benzene rings is 1. The molecule has 2 rings (SSSR count). The Kier molecular flexibility index (Phi) is 4.34. The number of carbonyl (C=O) groups is 2. The Morgan fingerprint density at radius 3 is 2.39 bits per heavy atom. The van der Waals surface area contributed by atoms with Gasteiger partial charge in [-0.1, -0.05) is 43.2 Å². The molecule has 0 radical (unpaired) electrons. The van der Waals surface area contributed by atoms with Crippen molar-refractivity contribution in [1.29, 1.82) is 0 Å². The Balaban J connectivity index is 1.75. The molecule has 0 saturated heterocycles.